The average molecular weight is 287 g/mol. The third kappa shape index (κ3) is 2.75. The fourth-order valence-electron chi connectivity index (χ4n) is 1.95. The van der Waals surface area contributed by atoms with Crippen LogP contribution in [-0.2, 0) is 5.54 Å². The lowest BCUT2D eigenvalue weighted by Gasteiger charge is -2.24. The minimum atomic E-state index is -0.206. The molecule has 2 aromatic rings. The first-order valence-electron chi connectivity index (χ1n) is 6.31. The zero-order chi connectivity index (χ0) is 14.9. The van der Waals surface area contributed by atoms with Crippen molar-refractivity contribution in [1.29, 1.82) is 5.26 Å². The van der Waals surface area contributed by atoms with E-state index in [-0.39, 0.29) is 11.4 Å². The van der Waals surface area contributed by atoms with Crippen molar-refractivity contribution in [3.8, 4) is 6.07 Å². The highest BCUT2D eigenvalue weighted by atomic mass is 32.1. The number of nitrogens with one attached hydrogen (secondary N) is 1. The molecule has 104 valence electrons. The van der Waals surface area contributed by atoms with E-state index < -0.39 is 0 Å². The minimum absolute atomic E-state index is 0.134. The van der Waals surface area contributed by atoms with E-state index in [4.69, 9.17) is 5.26 Å². The summed E-state index contributed by atoms with van der Waals surface area (Å²) < 4.78 is 1.91. The summed E-state index contributed by atoms with van der Waals surface area (Å²) in [5, 5.41) is 13.8. The first-order chi connectivity index (χ1) is 9.32. The molecule has 0 aliphatic heterocycles. The monoisotopic (exact) mass is 287 g/mol. The highest BCUT2D eigenvalue weighted by Gasteiger charge is 2.20. The van der Waals surface area contributed by atoms with Crippen LogP contribution in [-0.4, -0.2) is 10.5 Å². The van der Waals surface area contributed by atoms with Crippen LogP contribution in [0.15, 0.2) is 23.7 Å². The second kappa shape index (κ2) is 5.14. The van der Waals surface area contributed by atoms with Crippen LogP contribution in [0.5, 0.6) is 0 Å². The Balaban J connectivity index is 2.35. The second-order valence-corrected chi connectivity index (χ2v) is 6.57. The Morgan fingerprint density at radius 1 is 1.45 bits per heavy atom. The lowest BCUT2D eigenvalue weighted by Crippen LogP contribution is -2.24. The van der Waals surface area contributed by atoms with Gasteiger partial charge in [-0.05, 0) is 50.8 Å². The molecule has 0 aromatic carbocycles. The van der Waals surface area contributed by atoms with Gasteiger partial charge in [-0.15, -0.1) is 11.3 Å². The number of anilines is 1. The summed E-state index contributed by atoms with van der Waals surface area (Å²) in [6.45, 7) is 8.00. The highest BCUT2D eigenvalue weighted by molar-refractivity contribution is 7.12. The maximum Gasteiger partial charge on any atom is 0.267 e. The molecule has 2 aromatic heterocycles. The number of nitriles is 1. The Labute approximate surface area is 122 Å². The average Bonchev–Trinajstić information content (AvgIpc) is 2.94. The smallest absolute Gasteiger partial charge is 0.267 e. The van der Waals surface area contributed by atoms with Crippen LogP contribution >= 0.6 is 11.3 Å². The fraction of sp³-hybridized carbons (Fsp3) is 0.333. The van der Waals surface area contributed by atoms with Crippen molar-refractivity contribution in [2.45, 2.75) is 33.2 Å². The number of carbonyl (C=O) groups is 1. The summed E-state index contributed by atoms with van der Waals surface area (Å²) in [6, 6.07) is 5.73. The van der Waals surface area contributed by atoms with Crippen LogP contribution in [0.25, 0.3) is 0 Å². The molecule has 0 bridgehead atoms. The zero-order valence-electron chi connectivity index (χ0n) is 12.0. The maximum atomic E-state index is 12.3. The van der Waals surface area contributed by atoms with E-state index >= 15 is 0 Å². The molecule has 0 spiro atoms. The summed E-state index contributed by atoms with van der Waals surface area (Å²) >= 11 is 1.42. The molecule has 0 unspecified atom stereocenters. The third-order valence-corrected chi connectivity index (χ3v) is 4.00. The molecule has 20 heavy (non-hydrogen) atoms. The van der Waals surface area contributed by atoms with Gasteiger partial charge >= 0.3 is 0 Å². The van der Waals surface area contributed by atoms with E-state index in [1.807, 2.05) is 43.7 Å². The molecule has 0 aliphatic rings. The predicted octanol–water partition coefficient (Wildman–Crippen LogP) is 3.74. The number of amides is 1. The third-order valence-electron chi connectivity index (χ3n) is 2.98. The molecule has 0 fully saturated rings. The molecule has 2 rings (SSSR count). The number of hydrogen-bond acceptors (Lipinski definition) is 3. The Morgan fingerprint density at radius 2 is 2.15 bits per heavy atom. The van der Waals surface area contributed by atoms with E-state index in [9.17, 15) is 4.79 Å². The van der Waals surface area contributed by atoms with Crippen LogP contribution < -0.4 is 5.32 Å². The largest absolute Gasteiger partial charge is 0.328 e. The number of carbonyl (C=O) groups excluding carboxylic acids is 1. The van der Waals surface area contributed by atoms with Crippen LogP contribution in [0.4, 0.5) is 5.82 Å². The maximum absolute atomic E-state index is 12.3. The molecule has 1 N–H and O–H groups in total. The Hall–Kier alpha value is -2.06. The highest BCUT2D eigenvalue weighted by Crippen LogP contribution is 2.25. The summed E-state index contributed by atoms with van der Waals surface area (Å²) in [7, 11) is 0. The van der Waals surface area contributed by atoms with Crippen LogP contribution in [0.1, 0.15) is 41.6 Å². The minimum Gasteiger partial charge on any atom is -0.328 e. The first kappa shape index (κ1) is 14.4. The zero-order valence-corrected chi connectivity index (χ0v) is 12.8. The van der Waals surface area contributed by atoms with Gasteiger partial charge in [0, 0.05) is 11.7 Å². The topological polar surface area (TPSA) is 57.8 Å². The van der Waals surface area contributed by atoms with Gasteiger partial charge < -0.3 is 9.88 Å². The van der Waals surface area contributed by atoms with Gasteiger partial charge in [0.05, 0.1) is 10.4 Å². The summed E-state index contributed by atoms with van der Waals surface area (Å²) in [6.07, 6.45) is 1.76. The van der Waals surface area contributed by atoms with Crippen molar-refractivity contribution in [2.24, 2.45) is 0 Å². The number of hydrogen-bond donors (Lipinski definition) is 1. The van der Waals surface area contributed by atoms with Gasteiger partial charge in [0.15, 0.2) is 0 Å². The second-order valence-electron chi connectivity index (χ2n) is 5.65. The summed E-state index contributed by atoms with van der Waals surface area (Å²) in [4.78, 5) is 13.0. The molecule has 0 saturated heterocycles. The Bertz CT molecular complexity index is 683. The number of aryl methyl sites for hydroxylation is 1. The number of rotatable bonds is 2. The van der Waals surface area contributed by atoms with Crippen LogP contribution in [0.2, 0.25) is 0 Å². The van der Waals surface area contributed by atoms with E-state index in [0.717, 1.165) is 5.56 Å². The van der Waals surface area contributed by atoms with E-state index in [1.54, 1.807) is 12.3 Å². The van der Waals surface area contributed by atoms with Crippen LogP contribution in [0.3, 0.4) is 0 Å². The summed E-state index contributed by atoms with van der Waals surface area (Å²) in [5.74, 6) is 0.512. The van der Waals surface area contributed by atoms with Crippen molar-refractivity contribution in [2.75, 3.05) is 5.32 Å². The molecule has 0 saturated carbocycles. The molecule has 0 aliphatic carbocycles. The quantitative estimate of drug-likeness (QED) is 0.914. The van der Waals surface area contributed by atoms with Gasteiger partial charge in [-0.1, -0.05) is 0 Å². The SMILES string of the molecule is Cc1ccsc1C(=O)Nc1cc(C#N)cn1C(C)(C)C. The summed E-state index contributed by atoms with van der Waals surface area (Å²) in [5.41, 5.74) is 1.29. The lowest BCUT2D eigenvalue weighted by atomic mass is 10.1. The van der Waals surface area contributed by atoms with Crippen molar-refractivity contribution in [1.82, 2.24) is 4.57 Å². The Morgan fingerprint density at radius 3 is 2.65 bits per heavy atom. The fourth-order valence-corrected chi connectivity index (χ4v) is 2.77. The standard InChI is InChI=1S/C15H17N3OS/c1-10-5-6-20-13(10)14(19)17-12-7-11(8-16)9-18(12)15(2,3)4/h5-7,9H,1-4H3,(H,17,19). The van der Waals surface area contributed by atoms with Gasteiger partial charge in [-0.25, -0.2) is 0 Å². The molecule has 1 amide bonds. The number of aromatic nitrogens is 1. The number of nitrogens with zero attached hydrogens (tertiary/aromatic N) is 2. The van der Waals surface area contributed by atoms with Crippen molar-refractivity contribution < 1.29 is 4.79 Å². The first-order valence-corrected chi connectivity index (χ1v) is 7.19. The molecule has 0 radical (unpaired) electrons. The molecule has 5 heteroatoms. The molecule has 2 heterocycles. The molecule has 4 nitrogen and oxygen atoms in total. The van der Waals surface area contributed by atoms with Gasteiger partial charge in [-0.3, -0.25) is 4.79 Å². The van der Waals surface area contributed by atoms with Gasteiger partial charge in [0.2, 0.25) is 0 Å². The molecular weight excluding hydrogens is 270 g/mol. The Kier molecular flexibility index (Phi) is 3.69. The van der Waals surface area contributed by atoms with Gasteiger partial charge in [0.25, 0.3) is 5.91 Å². The van der Waals surface area contributed by atoms with Crippen molar-refractivity contribution in [3.63, 3.8) is 0 Å². The molecule has 0 atom stereocenters. The van der Waals surface area contributed by atoms with Gasteiger partial charge in [-0.2, -0.15) is 5.26 Å². The van der Waals surface area contributed by atoms with Gasteiger partial charge in [0.1, 0.15) is 11.9 Å². The van der Waals surface area contributed by atoms with Crippen LogP contribution in [0, 0.1) is 18.3 Å². The van der Waals surface area contributed by atoms with Crippen molar-refractivity contribution in [3.05, 3.63) is 39.7 Å². The predicted molar refractivity (Wildman–Crippen MR) is 81.2 cm³/mol. The van der Waals surface area contributed by atoms with E-state index in [2.05, 4.69) is 11.4 Å². The lowest BCUT2D eigenvalue weighted by molar-refractivity contribution is 0.102. The molecular formula is C15H17N3OS. The van der Waals surface area contributed by atoms with E-state index in [1.165, 1.54) is 11.3 Å². The van der Waals surface area contributed by atoms with Crippen molar-refractivity contribution >= 4 is 23.1 Å². The van der Waals surface area contributed by atoms with E-state index in [0.29, 0.717) is 16.3 Å². The number of thiophene rings is 1. The normalized spacial score (nSPS) is 11.2.